The summed E-state index contributed by atoms with van der Waals surface area (Å²) in [5.41, 5.74) is -0.280. The zero-order chi connectivity index (χ0) is 20.7. The van der Waals surface area contributed by atoms with Gasteiger partial charge in [-0.3, -0.25) is 9.78 Å². The predicted octanol–water partition coefficient (Wildman–Crippen LogP) is 1.83. The summed E-state index contributed by atoms with van der Waals surface area (Å²) in [5, 5.41) is 12.9. The van der Waals surface area contributed by atoms with Gasteiger partial charge in [0.15, 0.2) is 0 Å². The van der Waals surface area contributed by atoms with E-state index in [1.807, 2.05) is 20.8 Å². The third kappa shape index (κ3) is 6.33. The normalized spacial score (nSPS) is 14.9. The second-order valence-corrected chi connectivity index (χ2v) is 7.52. The molecule has 2 heterocycles. The van der Waals surface area contributed by atoms with E-state index in [1.165, 1.54) is 24.5 Å². The molecule has 0 saturated carbocycles. The van der Waals surface area contributed by atoms with Crippen molar-refractivity contribution in [3.05, 3.63) is 41.6 Å². The van der Waals surface area contributed by atoms with Gasteiger partial charge in [-0.2, -0.15) is 0 Å². The van der Waals surface area contributed by atoms with Crippen LogP contribution in [0.3, 0.4) is 0 Å². The zero-order valence-corrected chi connectivity index (χ0v) is 16.3. The fourth-order valence-electron chi connectivity index (χ4n) is 2.50. The van der Waals surface area contributed by atoms with E-state index in [0.29, 0.717) is 19.6 Å². The van der Waals surface area contributed by atoms with Gasteiger partial charge in [0.25, 0.3) is 5.91 Å². The van der Waals surface area contributed by atoms with E-state index >= 15 is 0 Å². The Morgan fingerprint density at radius 2 is 2.14 bits per heavy atom. The van der Waals surface area contributed by atoms with Crippen LogP contribution in [0.15, 0.2) is 30.1 Å². The quantitative estimate of drug-likeness (QED) is 0.486. The third-order valence-electron chi connectivity index (χ3n) is 3.94. The SMILES string of the molecule is CC(C)(C)OC(=O)N1CC(CN/C=C(\C=N)C(=O)NCc2ncccc2F)C1. The molecule has 1 aromatic rings. The van der Waals surface area contributed by atoms with Gasteiger partial charge >= 0.3 is 6.09 Å². The van der Waals surface area contributed by atoms with Gasteiger partial charge in [0.1, 0.15) is 11.4 Å². The predicted molar refractivity (Wildman–Crippen MR) is 102 cm³/mol. The van der Waals surface area contributed by atoms with Gasteiger partial charge in [0.2, 0.25) is 0 Å². The van der Waals surface area contributed by atoms with Gasteiger partial charge < -0.3 is 25.7 Å². The topological polar surface area (TPSA) is 107 Å². The summed E-state index contributed by atoms with van der Waals surface area (Å²) in [7, 11) is 0. The first-order chi connectivity index (χ1) is 13.2. The van der Waals surface area contributed by atoms with Crippen LogP contribution in [-0.2, 0) is 16.1 Å². The summed E-state index contributed by atoms with van der Waals surface area (Å²) in [4.78, 5) is 29.5. The number of hydrogen-bond donors (Lipinski definition) is 3. The van der Waals surface area contributed by atoms with Crippen LogP contribution in [0.25, 0.3) is 0 Å². The van der Waals surface area contributed by atoms with Crippen LogP contribution in [0.1, 0.15) is 26.5 Å². The number of amides is 2. The number of halogens is 1. The highest BCUT2D eigenvalue weighted by Crippen LogP contribution is 2.18. The minimum atomic E-state index is -0.520. The summed E-state index contributed by atoms with van der Waals surface area (Å²) < 4.78 is 18.8. The lowest BCUT2D eigenvalue weighted by Crippen LogP contribution is -2.54. The van der Waals surface area contributed by atoms with E-state index in [1.54, 1.807) is 4.90 Å². The van der Waals surface area contributed by atoms with Gasteiger partial charge in [0, 0.05) is 44.2 Å². The molecular weight excluding hydrogens is 365 g/mol. The molecule has 2 rings (SSSR count). The summed E-state index contributed by atoms with van der Waals surface area (Å²) in [6.45, 7) is 7.09. The number of carbonyl (C=O) groups excluding carboxylic acids is 2. The smallest absolute Gasteiger partial charge is 0.410 e. The van der Waals surface area contributed by atoms with Crippen LogP contribution in [-0.4, -0.2) is 53.3 Å². The van der Waals surface area contributed by atoms with Gasteiger partial charge in [-0.05, 0) is 32.9 Å². The summed E-state index contributed by atoms with van der Waals surface area (Å²) in [6, 6.07) is 2.74. The van der Waals surface area contributed by atoms with E-state index in [0.717, 1.165) is 6.21 Å². The third-order valence-corrected chi connectivity index (χ3v) is 3.94. The molecule has 0 spiro atoms. The monoisotopic (exact) mass is 391 g/mol. The van der Waals surface area contributed by atoms with E-state index in [2.05, 4.69) is 15.6 Å². The second kappa shape index (κ2) is 9.29. The highest BCUT2D eigenvalue weighted by molar-refractivity contribution is 6.11. The van der Waals surface area contributed by atoms with Crippen molar-refractivity contribution >= 4 is 18.2 Å². The first kappa shape index (κ1) is 21.3. The van der Waals surface area contributed by atoms with Crippen molar-refractivity contribution in [1.29, 1.82) is 5.41 Å². The number of nitrogens with zero attached hydrogens (tertiary/aromatic N) is 2. The Morgan fingerprint density at radius 1 is 1.43 bits per heavy atom. The maximum absolute atomic E-state index is 13.5. The van der Waals surface area contributed by atoms with Gasteiger partial charge in [-0.25, -0.2) is 9.18 Å². The van der Waals surface area contributed by atoms with Crippen molar-refractivity contribution in [2.75, 3.05) is 19.6 Å². The van der Waals surface area contributed by atoms with Crippen LogP contribution < -0.4 is 10.6 Å². The molecule has 1 aliphatic rings. The lowest BCUT2D eigenvalue weighted by atomic mass is 10.0. The van der Waals surface area contributed by atoms with Crippen molar-refractivity contribution < 1.29 is 18.7 Å². The van der Waals surface area contributed by atoms with E-state index in [-0.39, 0.29) is 29.8 Å². The van der Waals surface area contributed by atoms with Crippen LogP contribution in [0.5, 0.6) is 0 Å². The second-order valence-electron chi connectivity index (χ2n) is 7.52. The van der Waals surface area contributed by atoms with Crippen molar-refractivity contribution in [3.8, 4) is 0 Å². The molecule has 28 heavy (non-hydrogen) atoms. The molecule has 1 saturated heterocycles. The molecule has 0 atom stereocenters. The molecule has 2 amide bonds. The highest BCUT2D eigenvalue weighted by Gasteiger charge is 2.33. The van der Waals surface area contributed by atoms with Gasteiger partial charge in [0.05, 0.1) is 17.8 Å². The average Bonchev–Trinajstić information content (AvgIpc) is 2.57. The first-order valence-corrected chi connectivity index (χ1v) is 8.99. The first-order valence-electron chi connectivity index (χ1n) is 8.99. The van der Waals surface area contributed by atoms with Gasteiger partial charge in [-0.1, -0.05) is 0 Å². The maximum Gasteiger partial charge on any atom is 0.410 e. The molecule has 1 fully saturated rings. The molecule has 0 aliphatic carbocycles. The minimum Gasteiger partial charge on any atom is -0.444 e. The Morgan fingerprint density at radius 3 is 2.75 bits per heavy atom. The van der Waals surface area contributed by atoms with Crippen molar-refractivity contribution in [2.24, 2.45) is 5.92 Å². The summed E-state index contributed by atoms with van der Waals surface area (Å²) in [6.07, 6.45) is 3.47. The molecule has 1 aliphatic heterocycles. The minimum absolute atomic E-state index is 0.0653. The molecule has 3 N–H and O–H groups in total. The number of likely N-dealkylation sites (tertiary alicyclic amines) is 1. The molecule has 1 aromatic heterocycles. The Hall–Kier alpha value is -2.97. The zero-order valence-electron chi connectivity index (χ0n) is 16.3. The average molecular weight is 391 g/mol. The van der Waals surface area contributed by atoms with Crippen molar-refractivity contribution in [2.45, 2.75) is 32.9 Å². The number of ether oxygens (including phenoxy) is 1. The Labute approximate surface area is 163 Å². The molecule has 9 heteroatoms. The molecule has 0 aromatic carbocycles. The fourth-order valence-corrected chi connectivity index (χ4v) is 2.50. The molecule has 0 unspecified atom stereocenters. The lowest BCUT2D eigenvalue weighted by molar-refractivity contribution is -0.117. The molecule has 0 radical (unpaired) electrons. The van der Waals surface area contributed by atoms with Gasteiger partial charge in [-0.15, -0.1) is 0 Å². The molecule has 152 valence electrons. The van der Waals surface area contributed by atoms with Crippen molar-refractivity contribution in [3.63, 3.8) is 0 Å². The number of hydrogen-bond acceptors (Lipinski definition) is 6. The number of nitrogens with one attached hydrogen (secondary N) is 3. The standard InChI is InChI=1S/C19H26FN5O3/c1-19(2,3)28-18(27)25-11-13(12-25)8-22-9-14(7-21)17(26)24-10-16-15(20)5-4-6-23-16/h4-7,9,13,21-22H,8,10-12H2,1-3H3,(H,24,26)/b14-9+,21-7?. The largest absolute Gasteiger partial charge is 0.444 e. The highest BCUT2D eigenvalue weighted by atomic mass is 19.1. The van der Waals surface area contributed by atoms with Crippen LogP contribution >= 0.6 is 0 Å². The summed E-state index contributed by atoms with van der Waals surface area (Å²) in [5.74, 6) is -0.765. The van der Waals surface area contributed by atoms with Crippen molar-refractivity contribution in [1.82, 2.24) is 20.5 Å². The molecule has 0 bridgehead atoms. The van der Waals surface area contributed by atoms with E-state index in [4.69, 9.17) is 10.1 Å². The van der Waals surface area contributed by atoms with Crippen LogP contribution in [0.4, 0.5) is 9.18 Å². The number of carbonyl (C=O) groups is 2. The Balaban J connectivity index is 1.73. The van der Waals surface area contributed by atoms with E-state index < -0.39 is 17.3 Å². The molecular formula is C19H26FN5O3. The van der Waals surface area contributed by atoms with E-state index in [9.17, 15) is 14.0 Å². The number of aromatic nitrogens is 1. The number of pyridine rings is 1. The number of rotatable bonds is 7. The lowest BCUT2D eigenvalue weighted by Gasteiger charge is -2.39. The summed E-state index contributed by atoms with van der Waals surface area (Å²) >= 11 is 0. The maximum atomic E-state index is 13.5. The fraction of sp³-hybridized carbons (Fsp3) is 0.474. The van der Waals surface area contributed by atoms with Crippen LogP contribution in [0.2, 0.25) is 0 Å². The Bertz CT molecular complexity index is 754. The van der Waals surface area contributed by atoms with Crippen LogP contribution in [0, 0.1) is 17.1 Å². The molecule has 8 nitrogen and oxygen atoms in total. The Kier molecular flexibility index (Phi) is 7.08.